The molecule has 5 atom stereocenters. The lowest BCUT2D eigenvalue weighted by atomic mass is 9.95. The van der Waals surface area contributed by atoms with E-state index < -0.39 is 30.6 Å². The van der Waals surface area contributed by atoms with Gasteiger partial charge in [-0.25, -0.2) is 0 Å². The van der Waals surface area contributed by atoms with Gasteiger partial charge < -0.3 is 33.7 Å². The van der Waals surface area contributed by atoms with Crippen LogP contribution in [0.15, 0.2) is 115 Å². The topological polar surface area (TPSA) is 84.5 Å². The Labute approximate surface area is 258 Å². The summed E-state index contributed by atoms with van der Waals surface area (Å²) in [5.74, 6) is 1.02. The Hall–Kier alpha value is -4.21. The minimum atomic E-state index is -0.894. The van der Waals surface area contributed by atoms with Crippen LogP contribution in [0.2, 0.25) is 0 Å². The summed E-state index contributed by atoms with van der Waals surface area (Å²) in [7, 11) is 1.61. The van der Waals surface area contributed by atoms with Crippen molar-refractivity contribution in [3.8, 4) is 11.5 Å². The van der Waals surface area contributed by atoms with E-state index in [1.54, 1.807) is 31.4 Å². The lowest BCUT2D eigenvalue weighted by Gasteiger charge is -2.46. The first-order valence-electron chi connectivity index (χ1n) is 14.7. The average Bonchev–Trinajstić information content (AvgIpc) is 3.06. The molecule has 0 aromatic heterocycles. The molecule has 0 saturated carbocycles. The summed E-state index contributed by atoms with van der Waals surface area (Å²) in [4.78, 5) is 12.5. The molecule has 0 spiro atoms. The number of amides is 1. The third-order valence-corrected chi connectivity index (χ3v) is 7.29. The van der Waals surface area contributed by atoms with E-state index in [0.717, 1.165) is 16.7 Å². The third-order valence-electron chi connectivity index (χ3n) is 7.29. The Balaban J connectivity index is 1.44. The zero-order chi connectivity index (χ0) is 30.6. The maximum atomic E-state index is 12.5. The van der Waals surface area contributed by atoms with Gasteiger partial charge in [0.25, 0.3) is 0 Å². The first kappa shape index (κ1) is 31.2. The summed E-state index contributed by atoms with van der Waals surface area (Å²) in [6.07, 6.45) is -2.70. The summed E-state index contributed by atoms with van der Waals surface area (Å²) in [5, 5.41) is 3.03. The van der Waals surface area contributed by atoms with Gasteiger partial charge >= 0.3 is 0 Å². The van der Waals surface area contributed by atoms with E-state index in [-0.39, 0.29) is 12.5 Å². The van der Waals surface area contributed by atoms with Crippen LogP contribution in [0.5, 0.6) is 11.5 Å². The number of carbonyl (C=O) groups excluding carboxylic acids is 1. The second kappa shape index (κ2) is 16.0. The van der Waals surface area contributed by atoms with Gasteiger partial charge in [-0.15, -0.1) is 0 Å². The molecule has 1 aliphatic rings. The van der Waals surface area contributed by atoms with Gasteiger partial charge in [0.2, 0.25) is 12.2 Å². The molecule has 8 heteroatoms. The average molecular weight is 598 g/mol. The van der Waals surface area contributed by atoms with Gasteiger partial charge in [0.05, 0.1) is 33.5 Å². The zero-order valence-electron chi connectivity index (χ0n) is 25.0. The molecule has 1 saturated heterocycles. The predicted molar refractivity (Wildman–Crippen MR) is 166 cm³/mol. The van der Waals surface area contributed by atoms with Crippen molar-refractivity contribution in [1.29, 1.82) is 0 Å². The number of methoxy groups -OCH3 is 1. The van der Waals surface area contributed by atoms with Crippen molar-refractivity contribution in [1.82, 2.24) is 5.32 Å². The van der Waals surface area contributed by atoms with Gasteiger partial charge in [0, 0.05) is 6.92 Å². The van der Waals surface area contributed by atoms with Crippen molar-refractivity contribution in [3.63, 3.8) is 0 Å². The van der Waals surface area contributed by atoms with Crippen molar-refractivity contribution in [2.75, 3.05) is 13.7 Å². The molecule has 4 aromatic rings. The van der Waals surface area contributed by atoms with Crippen LogP contribution in [0.3, 0.4) is 0 Å². The second-order valence-corrected chi connectivity index (χ2v) is 10.6. The SMILES string of the molecule is COc1ccc(O[C@H]2O[C@H](COCc3ccccc3)[C@@H](OCc3ccccc3)[C@H](OCc3ccccc3)[C@H]2NC(C)=O)cc1. The van der Waals surface area contributed by atoms with E-state index in [4.69, 9.17) is 28.4 Å². The molecule has 5 rings (SSSR count). The van der Waals surface area contributed by atoms with Gasteiger partial charge in [-0.05, 0) is 41.0 Å². The number of nitrogens with one attached hydrogen (secondary N) is 1. The smallest absolute Gasteiger partial charge is 0.223 e. The normalized spacial score (nSPS) is 21.4. The Bertz CT molecular complexity index is 1400. The van der Waals surface area contributed by atoms with Gasteiger partial charge in [0.15, 0.2) is 0 Å². The van der Waals surface area contributed by atoms with Crippen LogP contribution in [-0.2, 0) is 43.6 Å². The largest absolute Gasteiger partial charge is 0.497 e. The number of hydrogen-bond acceptors (Lipinski definition) is 7. The molecule has 0 aliphatic carbocycles. The van der Waals surface area contributed by atoms with Crippen LogP contribution in [0.1, 0.15) is 23.6 Å². The highest BCUT2D eigenvalue weighted by Gasteiger charge is 2.49. The Morgan fingerprint density at radius 3 is 1.70 bits per heavy atom. The minimum absolute atomic E-state index is 0.217. The molecule has 1 fully saturated rings. The number of benzene rings is 4. The number of rotatable bonds is 14. The third kappa shape index (κ3) is 8.90. The zero-order valence-corrected chi connectivity index (χ0v) is 25.0. The molecule has 0 radical (unpaired) electrons. The van der Waals surface area contributed by atoms with Crippen LogP contribution >= 0.6 is 0 Å². The molecule has 1 N–H and O–H groups in total. The molecule has 1 heterocycles. The Morgan fingerprint density at radius 2 is 1.18 bits per heavy atom. The second-order valence-electron chi connectivity index (χ2n) is 10.6. The molecule has 0 bridgehead atoms. The van der Waals surface area contributed by atoms with Crippen molar-refractivity contribution >= 4 is 5.91 Å². The van der Waals surface area contributed by atoms with Crippen LogP contribution in [0.4, 0.5) is 0 Å². The van der Waals surface area contributed by atoms with Crippen LogP contribution in [0.25, 0.3) is 0 Å². The summed E-state index contributed by atoms with van der Waals surface area (Å²) in [5.41, 5.74) is 3.04. The summed E-state index contributed by atoms with van der Waals surface area (Å²) >= 11 is 0. The maximum Gasteiger partial charge on any atom is 0.223 e. The van der Waals surface area contributed by atoms with E-state index in [2.05, 4.69) is 5.32 Å². The highest BCUT2D eigenvalue weighted by atomic mass is 16.7. The molecular formula is C36H39NO7. The summed E-state index contributed by atoms with van der Waals surface area (Å²) in [6, 6.07) is 36.3. The molecule has 44 heavy (non-hydrogen) atoms. The molecule has 1 amide bonds. The van der Waals surface area contributed by atoms with Gasteiger partial charge in [-0.2, -0.15) is 0 Å². The molecule has 0 unspecified atom stereocenters. The molecule has 4 aromatic carbocycles. The number of carbonyl (C=O) groups is 1. The van der Waals surface area contributed by atoms with Crippen molar-refractivity contribution in [3.05, 3.63) is 132 Å². The highest BCUT2D eigenvalue weighted by molar-refractivity contribution is 5.73. The van der Waals surface area contributed by atoms with Gasteiger partial charge in [-0.3, -0.25) is 4.79 Å². The first-order valence-corrected chi connectivity index (χ1v) is 14.7. The lowest BCUT2D eigenvalue weighted by Crippen LogP contribution is -2.66. The van der Waals surface area contributed by atoms with E-state index >= 15 is 0 Å². The van der Waals surface area contributed by atoms with Gasteiger partial charge in [0.1, 0.15) is 35.9 Å². The van der Waals surface area contributed by atoms with E-state index in [1.165, 1.54) is 6.92 Å². The van der Waals surface area contributed by atoms with E-state index in [9.17, 15) is 4.79 Å². The highest BCUT2D eigenvalue weighted by Crippen LogP contribution is 2.31. The fourth-order valence-electron chi connectivity index (χ4n) is 5.11. The van der Waals surface area contributed by atoms with Crippen LogP contribution in [0, 0.1) is 0 Å². The molecule has 8 nitrogen and oxygen atoms in total. The maximum absolute atomic E-state index is 12.5. The predicted octanol–water partition coefficient (Wildman–Crippen LogP) is 5.69. The van der Waals surface area contributed by atoms with Gasteiger partial charge in [-0.1, -0.05) is 91.0 Å². The summed E-state index contributed by atoms with van der Waals surface area (Å²) < 4.78 is 37.6. The number of ether oxygens (including phenoxy) is 6. The van der Waals surface area contributed by atoms with E-state index in [0.29, 0.717) is 31.3 Å². The molecule has 230 valence electrons. The van der Waals surface area contributed by atoms with Crippen LogP contribution < -0.4 is 14.8 Å². The monoisotopic (exact) mass is 597 g/mol. The number of hydrogen-bond donors (Lipinski definition) is 1. The Kier molecular flexibility index (Phi) is 11.4. The minimum Gasteiger partial charge on any atom is -0.497 e. The molecule has 1 aliphatic heterocycles. The lowest BCUT2D eigenvalue weighted by molar-refractivity contribution is -0.270. The summed E-state index contributed by atoms with van der Waals surface area (Å²) in [6.45, 7) is 2.72. The molecular weight excluding hydrogens is 558 g/mol. The first-order chi connectivity index (χ1) is 21.6. The fraction of sp³-hybridized carbons (Fsp3) is 0.306. The van der Waals surface area contributed by atoms with Crippen molar-refractivity contribution < 1.29 is 33.2 Å². The standard InChI is InChI=1S/C36H39NO7/c1-26(38)37-33-35(42-24-29-16-10-5-11-17-29)34(41-23-28-14-8-4-9-15-28)32(25-40-22-27-12-6-3-7-13-27)44-36(33)43-31-20-18-30(39-2)19-21-31/h3-21,32-36H,22-25H2,1-2H3,(H,37,38)/t32-,33-,34-,35-,36+/m1/s1. The van der Waals surface area contributed by atoms with Crippen molar-refractivity contribution in [2.24, 2.45) is 0 Å². The Morgan fingerprint density at radius 1 is 0.682 bits per heavy atom. The quantitative estimate of drug-likeness (QED) is 0.200. The van der Waals surface area contributed by atoms with Crippen LogP contribution in [-0.4, -0.2) is 50.3 Å². The van der Waals surface area contributed by atoms with E-state index in [1.807, 2.05) is 91.0 Å². The van der Waals surface area contributed by atoms with Crippen molar-refractivity contribution in [2.45, 2.75) is 57.4 Å². The fourth-order valence-corrected chi connectivity index (χ4v) is 5.11.